The SMILES string of the molecule is COc1ccc(C(=O)N[C@@H]2C[C@H]3C(=O)NC[C@@H](CCC(=O)NCc4cccs4)N3C2)cc1. The van der Waals surface area contributed by atoms with Crippen LogP contribution in [0.15, 0.2) is 41.8 Å². The fourth-order valence-corrected chi connectivity index (χ4v) is 4.99. The van der Waals surface area contributed by atoms with Crippen molar-refractivity contribution in [2.45, 2.75) is 43.9 Å². The monoisotopic (exact) mass is 456 g/mol. The van der Waals surface area contributed by atoms with E-state index in [1.54, 1.807) is 42.7 Å². The molecule has 0 unspecified atom stereocenters. The minimum Gasteiger partial charge on any atom is -0.497 e. The third-order valence-electron chi connectivity index (χ3n) is 6.05. The molecule has 2 aliphatic heterocycles. The first kappa shape index (κ1) is 22.3. The maximum Gasteiger partial charge on any atom is 0.251 e. The first-order valence-corrected chi connectivity index (χ1v) is 11.7. The number of rotatable bonds is 8. The molecule has 2 aliphatic rings. The summed E-state index contributed by atoms with van der Waals surface area (Å²) < 4.78 is 5.13. The van der Waals surface area contributed by atoms with E-state index in [9.17, 15) is 14.4 Å². The van der Waals surface area contributed by atoms with Crippen molar-refractivity contribution < 1.29 is 19.1 Å². The molecule has 2 aromatic rings. The molecule has 32 heavy (non-hydrogen) atoms. The van der Waals surface area contributed by atoms with Crippen molar-refractivity contribution in [3.05, 3.63) is 52.2 Å². The Morgan fingerprint density at radius 2 is 2.06 bits per heavy atom. The van der Waals surface area contributed by atoms with Crippen molar-refractivity contribution in [2.75, 3.05) is 20.2 Å². The Morgan fingerprint density at radius 3 is 2.78 bits per heavy atom. The number of ether oxygens (including phenoxy) is 1. The van der Waals surface area contributed by atoms with Gasteiger partial charge < -0.3 is 20.7 Å². The molecule has 0 aliphatic carbocycles. The third-order valence-corrected chi connectivity index (χ3v) is 6.93. The van der Waals surface area contributed by atoms with Crippen LogP contribution in [-0.2, 0) is 16.1 Å². The summed E-state index contributed by atoms with van der Waals surface area (Å²) in [5.74, 6) is 0.529. The lowest BCUT2D eigenvalue weighted by molar-refractivity contribution is -0.129. The summed E-state index contributed by atoms with van der Waals surface area (Å²) in [6.07, 6.45) is 1.62. The quantitative estimate of drug-likeness (QED) is 0.559. The van der Waals surface area contributed by atoms with E-state index in [-0.39, 0.29) is 35.8 Å². The minimum atomic E-state index is -0.274. The zero-order valence-electron chi connectivity index (χ0n) is 18.0. The molecular formula is C23H28N4O4S. The summed E-state index contributed by atoms with van der Waals surface area (Å²) in [5.41, 5.74) is 0.555. The fraction of sp³-hybridized carbons (Fsp3) is 0.435. The van der Waals surface area contributed by atoms with E-state index in [0.29, 0.717) is 50.2 Å². The van der Waals surface area contributed by atoms with Gasteiger partial charge in [0.15, 0.2) is 0 Å². The standard InChI is InChI=1S/C23H28N4O4S/c1-31-18-7-4-15(5-8-18)22(29)26-16-11-20-23(30)25-12-17(27(20)14-16)6-9-21(28)24-13-19-3-2-10-32-19/h2-5,7-8,10,16-17,20H,6,9,11-14H2,1H3,(H,24,28)(H,25,30)(H,26,29)/t16-,17-,20+/m1/s1. The van der Waals surface area contributed by atoms with Crippen LogP contribution in [0.3, 0.4) is 0 Å². The third kappa shape index (κ3) is 5.28. The molecule has 0 spiro atoms. The smallest absolute Gasteiger partial charge is 0.251 e. The molecule has 8 nitrogen and oxygen atoms in total. The number of thiophene rings is 1. The molecule has 3 amide bonds. The number of amides is 3. The van der Waals surface area contributed by atoms with Gasteiger partial charge in [0.25, 0.3) is 5.91 Å². The molecule has 0 saturated carbocycles. The highest BCUT2D eigenvalue weighted by atomic mass is 32.1. The predicted molar refractivity (Wildman–Crippen MR) is 122 cm³/mol. The Labute approximate surface area is 191 Å². The second kappa shape index (κ2) is 10.1. The zero-order chi connectivity index (χ0) is 22.5. The van der Waals surface area contributed by atoms with Crippen LogP contribution < -0.4 is 20.7 Å². The summed E-state index contributed by atoms with van der Waals surface area (Å²) in [4.78, 5) is 40.6. The van der Waals surface area contributed by atoms with Crippen LogP contribution in [0.1, 0.15) is 34.5 Å². The number of fused-ring (bicyclic) bond motifs is 1. The van der Waals surface area contributed by atoms with E-state index in [1.807, 2.05) is 17.5 Å². The Kier molecular flexibility index (Phi) is 7.06. The van der Waals surface area contributed by atoms with Crippen molar-refractivity contribution in [1.29, 1.82) is 0 Å². The van der Waals surface area contributed by atoms with E-state index in [1.165, 1.54) is 0 Å². The molecule has 3 N–H and O–H groups in total. The number of benzene rings is 1. The lowest BCUT2D eigenvalue weighted by Crippen LogP contribution is -2.58. The number of hydrogen-bond acceptors (Lipinski definition) is 6. The molecular weight excluding hydrogens is 428 g/mol. The molecule has 2 saturated heterocycles. The largest absolute Gasteiger partial charge is 0.497 e. The van der Waals surface area contributed by atoms with Gasteiger partial charge in [-0.3, -0.25) is 19.3 Å². The van der Waals surface area contributed by atoms with E-state index in [0.717, 1.165) is 4.88 Å². The number of nitrogens with one attached hydrogen (secondary N) is 3. The van der Waals surface area contributed by atoms with Crippen LogP contribution in [0.2, 0.25) is 0 Å². The lowest BCUT2D eigenvalue weighted by atomic mass is 10.0. The van der Waals surface area contributed by atoms with Gasteiger partial charge in [-0.1, -0.05) is 6.07 Å². The number of methoxy groups -OCH3 is 1. The van der Waals surface area contributed by atoms with Gasteiger partial charge in [0.05, 0.1) is 19.7 Å². The van der Waals surface area contributed by atoms with Gasteiger partial charge in [-0.25, -0.2) is 0 Å². The number of nitrogens with zero attached hydrogens (tertiary/aromatic N) is 1. The van der Waals surface area contributed by atoms with Gasteiger partial charge in [0.1, 0.15) is 5.75 Å². The van der Waals surface area contributed by atoms with E-state index < -0.39 is 0 Å². The van der Waals surface area contributed by atoms with E-state index in [4.69, 9.17) is 4.74 Å². The van der Waals surface area contributed by atoms with Crippen LogP contribution in [0.5, 0.6) is 5.75 Å². The Bertz CT molecular complexity index is 947. The van der Waals surface area contributed by atoms with Crippen molar-refractivity contribution in [3.8, 4) is 5.75 Å². The number of hydrogen-bond donors (Lipinski definition) is 3. The van der Waals surface area contributed by atoms with Gasteiger partial charge in [0, 0.05) is 42.0 Å². The van der Waals surface area contributed by atoms with E-state index >= 15 is 0 Å². The minimum absolute atomic E-state index is 0.00963. The summed E-state index contributed by atoms with van der Waals surface area (Å²) >= 11 is 1.62. The Hall–Kier alpha value is -2.91. The first-order chi connectivity index (χ1) is 15.5. The number of carbonyl (C=O) groups is 3. The first-order valence-electron chi connectivity index (χ1n) is 10.8. The topological polar surface area (TPSA) is 99.8 Å². The second-order valence-corrected chi connectivity index (χ2v) is 9.17. The van der Waals surface area contributed by atoms with E-state index in [2.05, 4.69) is 20.9 Å². The molecule has 0 radical (unpaired) electrons. The summed E-state index contributed by atoms with van der Waals surface area (Å²) in [6.45, 7) is 1.66. The Morgan fingerprint density at radius 1 is 1.25 bits per heavy atom. The maximum atomic E-state index is 12.6. The second-order valence-electron chi connectivity index (χ2n) is 8.14. The van der Waals surface area contributed by atoms with Gasteiger partial charge in [-0.2, -0.15) is 0 Å². The maximum absolute atomic E-state index is 12.6. The zero-order valence-corrected chi connectivity index (χ0v) is 18.8. The molecule has 2 fully saturated rings. The fourth-order valence-electron chi connectivity index (χ4n) is 4.34. The molecule has 170 valence electrons. The van der Waals surface area contributed by atoms with Gasteiger partial charge in [0.2, 0.25) is 11.8 Å². The van der Waals surface area contributed by atoms with Crippen LogP contribution in [0, 0.1) is 0 Å². The van der Waals surface area contributed by atoms with Crippen LogP contribution >= 0.6 is 11.3 Å². The molecule has 1 aromatic heterocycles. The molecule has 0 bridgehead atoms. The van der Waals surface area contributed by atoms with Crippen molar-refractivity contribution >= 4 is 29.1 Å². The number of carbonyl (C=O) groups excluding carboxylic acids is 3. The van der Waals surface area contributed by atoms with Crippen LogP contribution in [0.25, 0.3) is 0 Å². The highest BCUT2D eigenvalue weighted by Crippen LogP contribution is 2.26. The predicted octanol–water partition coefficient (Wildman–Crippen LogP) is 1.52. The highest BCUT2D eigenvalue weighted by molar-refractivity contribution is 7.09. The van der Waals surface area contributed by atoms with Crippen molar-refractivity contribution in [1.82, 2.24) is 20.9 Å². The van der Waals surface area contributed by atoms with Gasteiger partial charge in [-0.15, -0.1) is 11.3 Å². The summed E-state index contributed by atoms with van der Waals surface area (Å²) in [7, 11) is 1.58. The normalized spacial score (nSPS) is 22.7. The average molecular weight is 457 g/mol. The molecule has 1 aromatic carbocycles. The summed E-state index contributed by atoms with van der Waals surface area (Å²) in [6, 6.07) is 10.6. The molecule has 4 rings (SSSR count). The van der Waals surface area contributed by atoms with Gasteiger partial charge >= 0.3 is 0 Å². The summed E-state index contributed by atoms with van der Waals surface area (Å²) in [5, 5.41) is 11.0. The molecule has 9 heteroatoms. The van der Waals surface area contributed by atoms with Crippen LogP contribution in [0.4, 0.5) is 0 Å². The highest BCUT2D eigenvalue weighted by Gasteiger charge is 2.43. The van der Waals surface area contributed by atoms with Crippen molar-refractivity contribution in [3.63, 3.8) is 0 Å². The average Bonchev–Trinajstić information content (AvgIpc) is 3.48. The molecule has 3 heterocycles. The van der Waals surface area contributed by atoms with Crippen molar-refractivity contribution in [2.24, 2.45) is 0 Å². The molecule has 3 atom stereocenters. The van der Waals surface area contributed by atoms with Crippen LogP contribution in [-0.4, -0.2) is 60.9 Å². The van der Waals surface area contributed by atoms with Gasteiger partial charge in [-0.05, 0) is 48.6 Å². The Balaban J connectivity index is 1.29. The number of piperazine rings is 1. The lowest BCUT2D eigenvalue weighted by Gasteiger charge is -2.37.